The van der Waals surface area contributed by atoms with Crippen LogP contribution in [0.15, 0.2) is 24.3 Å². The van der Waals surface area contributed by atoms with E-state index in [1.807, 2.05) is 12.1 Å². The van der Waals surface area contributed by atoms with Crippen molar-refractivity contribution in [2.24, 2.45) is 17.8 Å². The lowest BCUT2D eigenvalue weighted by atomic mass is 9.84. The monoisotopic (exact) mass is 289 g/mol. The van der Waals surface area contributed by atoms with Gasteiger partial charge in [0, 0.05) is 12.1 Å². The molecule has 2 bridgehead atoms. The third-order valence-electron chi connectivity index (χ3n) is 5.16. The molecule has 1 aromatic rings. The molecule has 0 aromatic heterocycles. The van der Waals surface area contributed by atoms with Gasteiger partial charge in [-0.3, -0.25) is 4.79 Å². The van der Waals surface area contributed by atoms with E-state index in [9.17, 15) is 15.0 Å². The van der Waals surface area contributed by atoms with Crippen LogP contribution < -0.4 is 5.32 Å². The lowest BCUT2D eigenvalue weighted by molar-refractivity contribution is -0.144. The van der Waals surface area contributed by atoms with E-state index in [1.165, 1.54) is 0 Å². The van der Waals surface area contributed by atoms with Crippen LogP contribution in [0.1, 0.15) is 31.7 Å². The Balaban J connectivity index is 1.62. The molecule has 5 unspecified atom stereocenters. The van der Waals surface area contributed by atoms with Gasteiger partial charge in [0.25, 0.3) is 0 Å². The van der Waals surface area contributed by atoms with E-state index in [1.54, 1.807) is 12.1 Å². The maximum absolute atomic E-state index is 11.5. The van der Waals surface area contributed by atoms with Gasteiger partial charge in [0.1, 0.15) is 5.75 Å². The lowest BCUT2D eigenvalue weighted by Gasteiger charge is -2.31. The van der Waals surface area contributed by atoms with Crippen LogP contribution in [-0.2, 0) is 11.2 Å². The van der Waals surface area contributed by atoms with Gasteiger partial charge in [0.2, 0.25) is 0 Å². The zero-order valence-electron chi connectivity index (χ0n) is 12.3. The van der Waals surface area contributed by atoms with Crippen molar-refractivity contribution < 1.29 is 15.0 Å². The average Bonchev–Trinajstić information content (AvgIpc) is 3.02. The Labute approximate surface area is 125 Å². The van der Waals surface area contributed by atoms with E-state index in [4.69, 9.17) is 0 Å². The number of hydrogen-bond donors (Lipinski definition) is 3. The first-order valence-electron chi connectivity index (χ1n) is 7.81. The van der Waals surface area contributed by atoms with Crippen molar-refractivity contribution in [2.45, 2.75) is 44.7 Å². The van der Waals surface area contributed by atoms with E-state index in [0.717, 1.165) is 31.2 Å². The van der Waals surface area contributed by atoms with E-state index >= 15 is 0 Å². The maximum atomic E-state index is 11.5. The predicted molar refractivity (Wildman–Crippen MR) is 80.2 cm³/mol. The fraction of sp³-hybridized carbons (Fsp3) is 0.588. The third kappa shape index (κ3) is 2.91. The van der Waals surface area contributed by atoms with Crippen LogP contribution in [0.4, 0.5) is 0 Å². The molecule has 0 amide bonds. The molecule has 5 atom stereocenters. The minimum atomic E-state index is -0.642. The number of carboxylic acids is 1. The van der Waals surface area contributed by atoms with Crippen molar-refractivity contribution in [1.29, 1.82) is 0 Å². The summed E-state index contributed by atoms with van der Waals surface area (Å²) in [4.78, 5) is 11.5. The highest BCUT2D eigenvalue weighted by Gasteiger charge is 2.51. The number of rotatable bonds is 5. The smallest absolute Gasteiger partial charge is 0.308 e. The maximum Gasteiger partial charge on any atom is 0.308 e. The highest BCUT2D eigenvalue weighted by atomic mass is 16.4. The summed E-state index contributed by atoms with van der Waals surface area (Å²) in [6.45, 7) is 2.11. The summed E-state index contributed by atoms with van der Waals surface area (Å²) >= 11 is 0. The van der Waals surface area contributed by atoms with E-state index in [0.29, 0.717) is 11.8 Å². The van der Waals surface area contributed by atoms with Gasteiger partial charge in [-0.15, -0.1) is 0 Å². The summed E-state index contributed by atoms with van der Waals surface area (Å²) in [5.41, 5.74) is 1.16. The molecule has 0 heterocycles. The Bertz CT molecular complexity index is 513. The molecule has 4 nitrogen and oxygen atoms in total. The molecular weight excluding hydrogens is 266 g/mol. The fourth-order valence-electron chi connectivity index (χ4n) is 4.26. The Morgan fingerprint density at radius 2 is 1.95 bits per heavy atom. The molecule has 0 radical (unpaired) electrons. The Morgan fingerprint density at radius 3 is 2.62 bits per heavy atom. The number of aliphatic carboxylic acids is 1. The number of nitrogens with one attached hydrogen (secondary N) is 1. The van der Waals surface area contributed by atoms with Crippen molar-refractivity contribution in [3.05, 3.63) is 29.8 Å². The number of phenolic OH excluding ortho intramolecular Hbond substituents is 1. The van der Waals surface area contributed by atoms with E-state index < -0.39 is 5.97 Å². The summed E-state index contributed by atoms with van der Waals surface area (Å²) in [5.74, 6) is 0.310. The molecule has 3 rings (SSSR count). The van der Waals surface area contributed by atoms with Gasteiger partial charge in [0.15, 0.2) is 0 Å². The van der Waals surface area contributed by atoms with Crippen LogP contribution in [-0.4, -0.2) is 28.3 Å². The highest BCUT2D eigenvalue weighted by molar-refractivity contribution is 5.72. The Hall–Kier alpha value is -1.55. The molecule has 4 heteroatoms. The largest absolute Gasteiger partial charge is 0.508 e. The average molecular weight is 289 g/mol. The van der Waals surface area contributed by atoms with Gasteiger partial charge < -0.3 is 15.5 Å². The van der Waals surface area contributed by atoms with Crippen LogP contribution >= 0.6 is 0 Å². The molecule has 2 fully saturated rings. The third-order valence-corrected chi connectivity index (χ3v) is 5.16. The molecular formula is C17H23NO3. The number of carboxylic acid groups (broad SMARTS) is 1. The number of phenols is 1. The molecule has 1 aromatic carbocycles. The summed E-state index contributed by atoms with van der Waals surface area (Å²) in [7, 11) is 0. The van der Waals surface area contributed by atoms with Gasteiger partial charge in [-0.2, -0.15) is 0 Å². The van der Waals surface area contributed by atoms with E-state index in [-0.39, 0.29) is 23.8 Å². The SMILES string of the molecule is CC(Cc1ccc(O)cc1)NC1C2CCC(C2)C1C(=O)O. The van der Waals surface area contributed by atoms with Crippen LogP contribution in [0.3, 0.4) is 0 Å². The minimum absolute atomic E-state index is 0.119. The van der Waals surface area contributed by atoms with Gasteiger partial charge in [-0.25, -0.2) is 0 Å². The summed E-state index contributed by atoms with van der Waals surface area (Å²) in [5, 5.41) is 22.3. The Kier molecular flexibility index (Phi) is 3.89. The molecule has 2 aliphatic carbocycles. The second-order valence-electron chi connectivity index (χ2n) is 6.66. The summed E-state index contributed by atoms with van der Waals surface area (Å²) in [6.07, 6.45) is 4.16. The summed E-state index contributed by atoms with van der Waals surface area (Å²) in [6, 6.07) is 7.58. The quantitative estimate of drug-likeness (QED) is 0.778. The zero-order valence-corrected chi connectivity index (χ0v) is 12.3. The first-order valence-corrected chi connectivity index (χ1v) is 7.81. The van der Waals surface area contributed by atoms with Crippen LogP contribution in [0, 0.1) is 17.8 Å². The first kappa shape index (κ1) is 14.4. The number of fused-ring (bicyclic) bond motifs is 2. The standard InChI is InChI=1S/C17H23NO3/c1-10(8-11-2-6-14(19)7-3-11)18-16-13-5-4-12(9-13)15(16)17(20)21/h2-3,6-7,10,12-13,15-16,18-19H,4-5,8-9H2,1H3,(H,20,21). The van der Waals surface area contributed by atoms with Gasteiger partial charge in [0.05, 0.1) is 5.92 Å². The first-order chi connectivity index (χ1) is 10.0. The second-order valence-corrected chi connectivity index (χ2v) is 6.66. The fourth-order valence-corrected chi connectivity index (χ4v) is 4.26. The number of hydrogen-bond acceptors (Lipinski definition) is 3. The normalized spacial score (nSPS) is 32.2. The number of carbonyl (C=O) groups is 1. The van der Waals surface area contributed by atoms with Crippen molar-refractivity contribution in [2.75, 3.05) is 0 Å². The number of aromatic hydroxyl groups is 1. The van der Waals surface area contributed by atoms with Crippen molar-refractivity contribution >= 4 is 5.97 Å². The molecule has 0 saturated heterocycles. The van der Waals surface area contributed by atoms with Crippen molar-refractivity contribution in [3.63, 3.8) is 0 Å². The van der Waals surface area contributed by atoms with Crippen molar-refractivity contribution in [1.82, 2.24) is 5.32 Å². The summed E-state index contributed by atoms with van der Waals surface area (Å²) < 4.78 is 0. The van der Waals surface area contributed by atoms with Crippen molar-refractivity contribution in [3.8, 4) is 5.75 Å². The van der Waals surface area contributed by atoms with Gasteiger partial charge >= 0.3 is 5.97 Å². The molecule has 114 valence electrons. The minimum Gasteiger partial charge on any atom is -0.508 e. The molecule has 21 heavy (non-hydrogen) atoms. The van der Waals surface area contributed by atoms with Crippen LogP contribution in [0.25, 0.3) is 0 Å². The molecule has 0 aliphatic heterocycles. The van der Waals surface area contributed by atoms with Gasteiger partial charge in [-0.1, -0.05) is 12.1 Å². The molecule has 2 saturated carbocycles. The topological polar surface area (TPSA) is 69.6 Å². The van der Waals surface area contributed by atoms with Crippen LogP contribution in [0.5, 0.6) is 5.75 Å². The zero-order chi connectivity index (χ0) is 15.0. The Morgan fingerprint density at radius 1 is 1.29 bits per heavy atom. The molecule has 3 N–H and O–H groups in total. The predicted octanol–water partition coefficient (Wildman–Crippen LogP) is 2.41. The van der Waals surface area contributed by atoms with E-state index in [2.05, 4.69) is 12.2 Å². The van der Waals surface area contributed by atoms with Gasteiger partial charge in [-0.05, 0) is 62.1 Å². The second kappa shape index (κ2) is 5.68. The molecule has 0 spiro atoms. The van der Waals surface area contributed by atoms with Crippen LogP contribution in [0.2, 0.25) is 0 Å². The lowest BCUT2D eigenvalue weighted by Crippen LogP contribution is -2.48. The number of benzene rings is 1. The molecule has 2 aliphatic rings. The highest BCUT2D eigenvalue weighted by Crippen LogP contribution is 2.48.